The third-order valence-corrected chi connectivity index (χ3v) is 7.02. The predicted octanol–water partition coefficient (Wildman–Crippen LogP) is 9.63. The van der Waals surface area contributed by atoms with Crippen molar-refractivity contribution in [3.63, 3.8) is 0 Å². The summed E-state index contributed by atoms with van der Waals surface area (Å²) in [6, 6.07) is 48.7. The number of benzene rings is 7. The maximum atomic E-state index is 2.35. The van der Waals surface area contributed by atoms with E-state index < -0.39 is 0 Å². The van der Waals surface area contributed by atoms with Crippen LogP contribution in [0.15, 0.2) is 133 Å². The summed E-state index contributed by atoms with van der Waals surface area (Å²) >= 11 is 0. The molecule has 7 rings (SSSR count). The van der Waals surface area contributed by atoms with Crippen molar-refractivity contribution in [1.29, 1.82) is 0 Å². The van der Waals surface area contributed by atoms with Crippen LogP contribution in [0, 0.1) is 0 Å². The van der Waals surface area contributed by atoms with E-state index in [0.29, 0.717) is 0 Å². The van der Waals surface area contributed by atoms with Crippen LogP contribution in [-0.4, -0.2) is 0 Å². The largest absolute Gasteiger partial charge is 0.0622 e. The molecule has 0 saturated heterocycles. The van der Waals surface area contributed by atoms with Crippen molar-refractivity contribution >= 4 is 43.1 Å². The van der Waals surface area contributed by atoms with Gasteiger partial charge in [0, 0.05) is 0 Å². The first kappa shape index (κ1) is 19.1. The minimum atomic E-state index is 1.25. The van der Waals surface area contributed by atoms with Gasteiger partial charge in [-0.2, -0.15) is 0 Å². The average Bonchev–Trinajstić information content (AvgIpc) is 2.92. The van der Waals surface area contributed by atoms with Gasteiger partial charge in [-0.15, -0.1) is 0 Å². The smallest absolute Gasteiger partial charge is 0.00987 e. The van der Waals surface area contributed by atoms with Crippen molar-refractivity contribution in [2.75, 3.05) is 0 Å². The molecule has 158 valence electrons. The molecule has 0 atom stereocenters. The van der Waals surface area contributed by atoms with Crippen molar-refractivity contribution < 1.29 is 0 Å². The Morgan fingerprint density at radius 1 is 0.235 bits per heavy atom. The van der Waals surface area contributed by atoms with Gasteiger partial charge < -0.3 is 0 Å². The molecule has 0 amide bonds. The minimum Gasteiger partial charge on any atom is -0.0622 e. The quantitative estimate of drug-likeness (QED) is 0.239. The summed E-state index contributed by atoms with van der Waals surface area (Å²) in [4.78, 5) is 0. The summed E-state index contributed by atoms with van der Waals surface area (Å²) in [5.74, 6) is 0. The molecule has 7 aromatic carbocycles. The monoisotopic (exact) mass is 430 g/mol. The van der Waals surface area contributed by atoms with Crippen LogP contribution in [0.4, 0.5) is 0 Å². The van der Waals surface area contributed by atoms with Crippen LogP contribution in [0.5, 0.6) is 0 Å². The summed E-state index contributed by atoms with van der Waals surface area (Å²) in [6.07, 6.45) is 0. The lowest BCUT2D eigenvalue weighted by atomic mass is 9.93. The summed E-state index contributed by atoms with van der Waals surface area (Å²) < 4.78 is 0. The highest BCUT2D eigenvalue weighted by Gasteiger charge is 2.08. The number of fused-ring (bicyclic) bond motifs is 6. The van der Waals surface area contributed by atoms with Crippen LogP contribution in [0.25, 0.3) is 65.3 Å². The Hall–Kier alpha value is -4.42. The molecule has 0 bridgehead atoms. The molecule has 0 nitrogen and oxygen atoms in total. The third-order valence-electron chi connectivity index (χ3n) is 7.02. The van der Waals surface area contributed by atoms with Crippen molar-refractivity contribution in [3.05, 3.63) is 133 Å². The fourth-order valence-corrected chi connectivity index (χ4v) is 5.23. The predicted molar refractivity (Wildman–Crippen MR) is 147 cm³/mol. The van der Waals surface area contributed by atoms with Crippen molar-refractivity contribution in [2.24, 2.45) is 0 Å². The van der Waals surface area contributed by atoms with Gasteiger partial charge in [0.25, 0.3) is 0 Å². The Morgan fingerprint density at radius 2 is 0.735 bits per heavy atom. The summed E-state index contributed by atoms with van der Waals surface area (Å²) in [5, 5.41) is 10.3. The van der Waals surface area contributed by atoms with Gasteiger partial charge in [0.15, 0.2) is 0 Å². The molecule has 0 aromatic heterocycles. The Kier molecular flexibility index (Phi) is 4.25. The zero-order chi connectivity index (χ0) is 22.5. The first-order chi connectivity index (χ1) is 16.8. The van der Waals surface area contributed by atoms with Gasteiger partial charge >= 0.3 is 0 Å². The van der Waals surface area contributed by atoms with Gasteiger partial charge in [0.1, 0.15) is 0 Å². The van der Waals surface area contributed by atoms with Crippen LogP contribution in [0.1, 0.15) is 0 Å². The lowest BCUT2D eigenvalue weighted by molar-refractivity contribution is 1.64. The molecule has 0 N–H and O–H groups in total. The Labute approximate surface area is 198 Å². The Morgan fingerprint density at radius 3 is 1.47 bits per heavy atom. The lowest BCUT2D eigenvalue weighted by Gasteiger charge is -2.11. The van der Waals surface area contributed by atoms with E-state index in [2.05, 4.69) is 133 Å². The molecule has 0 aliphatic heterocycles. The van der Waals surface area contributed by atoms with Gasteiger partial charge in [0.05, 0.1) is 0 Å². The van der Waals surface area contributed by atoms with Crippen LogP contribution in [0.3, 0.4) is 0 Å². The molecule has 0 spiro atoms. The van der Waals surface area contributed by atoms with E-state index in [1.54, 1.807) is 0 Å². The van der Waals surface area contributed by atoms with Gasteiger partial charge in [-0.05, 0) is 83.5 Å². The highest BCUT2D eigenvalue weighted by atomic mass is 14.1. The standard InChI is InChI=1S/C34H22/c1-2-6-23(7-3-1)26-12-13-28-21-29(15-14-27(28)20-26)30-11-10-25-17-18-32-31-9-5-4-8-24(31)16-19-33(32)34(25)22-30/h1-22H. The maximum Gasteiger partial charge on any atom is -0.00987 e. The molecular weight excluding hydrogens is 408 g/mol. The molecule has 0 radical (unpaired) electrons. The fourth-order valence-electron chi connectivity index (χ4n) is 5.23. The topological polar surface area (TPSA) is 0 Å². The van der Waals surface area contributed by atoms with Crippen LogP contribution >= 0.6 is 0 Å². The number of rotatable bonds is 2. The van der Waals surface area contributed by atoms with Crippen LogP contribution < -0.4 is 0 Å². The molecular formula is C34H22. The second kappa shape index (κ2) is 7.57. The molecule has 0 aliphatic rings. The molecule has 0 unspecified atom stereocenters. The van der Waals surface area contributed by atoms with E-state index >= 15 is 0 Å². The first-order valence-electron chi connectivity index (χ1n) is 11.8. The van der Waals surface area contributed by atoms with Gasteiger partial charge in [0.2, 0.25) is 0 Å². The SMILES string of the molecule is c1ccc(-c2ccc3cc(-c4ccc5ccc6c7ccccc7ccc6c5c4)ccc3c2)cc1. The van der Waals surface area contributed by atoms with Crippen molar-refractivity contribution in [2.45, 2.75) is 0 Å². The van der Waals surface area contributed by atoms with Crippen LogP contribution in [-0.2, 0) is 0 Å². The minimum absolute atomic E-state index is 1.25. The van der Waals surface area contributed by atoms with E-state index in [4.69, 9.17) is 0 Å². The molecule has 34 heavy (non-hydrogen) atoms. The molecule has 7 aromatic rings. The van der Waals surface area contributed by atoms with Crippen molar-refractivity contribution in [3.8, 4) is 22.3 Å². The van der Waals surface area contributed by atoms with Gasteiger partial charge in [-0.3, -0.25) is 0 Å². The molecule has 0 heteroatoms. The highest BCUT2D eigenvalue weighted by molar-refractivity contribution is 6.17. The molecule has 0 saturated carbocycles. The fraction of sp³-hybridized carbons (Fsp3) is 0. The lowest BCUT2D eigenvalue weighted by Crippen LogP contribution is -1.84. The Bertz CT molecular complexity index is 1840. The zero-order valence-electron chi connectivity index (χ0n) is 18.7. The normalized spacial score (nSPS) is 11.5. The average molecular weight is 431 g/mol. The maximum absolute atomic E-state index is 2.35. The molecule has 0 aliphatic carbocycles. The summed E-state index contributed by atoms with van der Waals surface area (Å²) in [5.41, 5.74) is 5.01. The Balaban J connectivity index is 1.37. The first-order valence-corrected chi connectivity index (χ1v) is 11.8. The van der Waals surface area contributed by atoms with E-state index in [1.165, 1.54) is 65.3 Å². The van der Waals surface area contributed by atoms with E-state index in [0.717, 1.165) is 0 Å². The second-order valence-corrected chi connectivity index (χ2v) is 9.03. The summed E-state index contributed by atoms with van der Waals surface area (Å²) in [6.45, 7) is 0. The third kappa shape index (κ3) is 3.08. The van der Waals surface area contributed by atoms with E-state index in [9.17, 15) is 0 Å². The molecule has 0 heterocycles. The van der Waals surface area contributed by atoms with E-state index in [-0.39, 0.29) is 0 Å². The number of hydrogen-bond acceptors (Lipinski definition) is 0. The zero-order valence-corrected chi connectivity index (χ0v) is 18.7. The summed E-state index contributed by atoms with van der Waals surface area (Å²) in [7, 11) is 0. The molecule has 0 fully saturated rings. The number of hydrogen-bond donors (Lipinski definition) is 0. The second-order valence-electron chi connectivity index (χ2n) is 9.03. The highest BCUT2D eigenvalue weighted by Crippen LogP contribution is 2.35. The van der Waals surface area contributed by atoms with Gasteiger partial charge in [-0.1, -0.05) is 115 Å². The van der Waals surface area contributed by atoms with Gasteiger partial charge in [-0.25, -0.2) is 0 Å². The van der Waals surface area contributed by atoms with Crippen molar-refractivity contribution in [1.82, 2.24) is 0 Å². The van der Waals surface area contributed by atoms with E-state index in [1.807, 2.05) is 0 Å². The van der Waals surface area contributed by atoms with Crippen LogP contribution in [0.2, 0.25) is 0 Å².